The van der Waals surface area contributed by atoms with Crippen LogP contribution < -0.4 is 5.32 Å². The van der Waals surface area contributed by atoms with Gasteiger partial charge in [-0.2, -0.15) is 4.98 Å². The van der Waals surface area contributed by atoms with Gasteiger partial charge in [0, 0.05) is 12.1 Å². The molecule has 1 aliphatic heterocycles. The summed E-state index contributed by atoms with van der Waals surface area (Å²) in [7, 11) is 0. The predicted molar refractivity (Wildman–Crippen MR) is 159 cm³/mol. The summed E-state index contributed by atoms with van der Waals surface area (Å²) >= 11 is 0. The van der Waals surface area contributed by atoms with Crippen LogP contribution in [-0.2, 0) is 15.9 Å². The molecule has 0 unspecified atom stereocenters. The predicted octanol–water partition coefficient (Wildman–Crippen LogP) is 7.59. The SMILES string of the molecule is CCCCCCCCc1ccc(-c2nc([C@@H]3CCCN3C(=NC(=O)OC(C)(C)C)NC(=O)OC(C)(C)C)no2)cc1. The average molecular weight is 570 g/mol. The summed E-state index contributed by atoms with van der Waals surface area (Å²) < 4.78 is 16.4. The number of aromatic nitrogens is 2. The van der Waals surface area contributed by atoms with Crippen molar-refractivity contribution < 1.29 is 23.6 Å². The van der Waals surface area contributed by atoms with E-state index in [-0.39, 0.29) is 12.0 Å². The molecule has 226 valence electrons. The van der Waals surface area contributed by atoms with Crippen LogP contribution in [0.4, 0.5) is 9.59 Å². The van der Waals surface area contributed by atoms with E-state index >= 15 is 0 Å². The fraction of sp³-hybridized carbons (Fsp3) is 0.645. The summed E-state index contributed by atoms with van der Waals surface area (Å²) in [5.74, 6) is 0.904. The Morgan fingerprint density at radius 1 is 1.00 bits per heavy atom. The van der Waals surface area contributed by atoms with Gasteiger partial charge in [0.05, 0.1) is 6.04 Å². The van der Waals surface area contributed by atoms with Gasteiger partial charge in [0.1, 0.15) is 11.2 Å². The van der Waals surface area contributed by atoms with Gasteiger partial charge in [-0.25, -0.2) is 9.59 Å². The van der Waals surface area contributed by atoms with Gasteiger partial charge in [-0.15, -0.1) is 4.99 Å². The molecule has 1 fully saturated rings. The molecule has 2 aromatic rings. The first-order valence-electron chi connectivity index (χ1n) is 14.9. The Kier molecular flexibility index (Phi) is 11.3. The second kappa shape index (κ2) is 14.5. The number of aliphatic imine (C=N–C) groups is 1. The van der Waals surface area contributed by atoms with E-state index in [0.717, 1.165) is 18.4 Å². The zero-order chi connectivity index (χ0) is 30.0. The number of hydrogen-bond acceptors (Lipinski definition) is 7. The average Bonchev–Trinajstić information content (AvgIpc) is 3.54. The molecule has 0 bridgehead atoms. The molecule has 1 N–H and O–H groups in total. The number of hydrogen-bond donors (Lipinski definition) is 1. The molecule has 1 aromatic carbocycles. The third-order valence-electron chi connectivity index (χ3n) is 6.49. The van der Waals surface area contributed by atoms with Crippen molar-refractivity contribution in [3.63, 3.8) is 0 Å². The number of nitrogens with one attached hydrogen (secondary N) is 1. The van der Waals surface area contributed by atoms with Crippen molar-refractivity contribution in [2.75, 3.05) is 6.54 Å². The lowest BCUT2D eigenvalue weighted by atomic mass is 10.0. The van der Waals surface area contributed by atoms with Gasteiger partial charge < -0.3 is 18.9 Å². The molecular weight excluding hydrogens is 522 g/mol. The van der Waals surface area contributed by atoms with Crippen LogP contribution in [0.5, 0.6) is 0 Å². The third-order valence-corrected chi connectivity index (χ3v) is 6.49. The molecule has 1 aromatic heterocycles. The van der Waals surface area contributed by atoms with E-state index in [0.29, 0.717) is 24.7 Å². The zero-order valence-electron chi connectivity index (χ0n) is 25.8. The minimum absolute atomic E-state index is 0.0291. The van der Waals surface area contributed by atoms with Crippen LogP contribution in [0.15, 0.2) is 33.8 Å². The molecule has 41 heavy (non-hydrogen) atoms. The molecule has 10 nitrogen and oxygen atoms in total. The van der Waals surface area contributed by atoms with E-state index in [2.05, 4.69) is 39.5 Å². The smallest absolute Gasteiger partial charge is 0.437 e. The van der Waals surface area contributed by atoms with E-state index in [1.807, 2.05) is 12.1 Å². The van der Waals surface area contributed by atoms with Crippen LogP contribution >= 0.6 is 0 Å². The normalized spacial score (nSPS) is 16.1. The number of unbranched alkanes of at least 4 members (excludes halogenated alkanes) is 5. The topological polar surface area (TPSA) is 119 Å². The highest BCUT2D eigenvalue weighted by Crippen LogP contribution is 2.32. The highest BCUT2D eigenvalue weighted by molar-refractivity contribution is 5.99. The van der Waals surface area contributed by atoms with E-state index in [9.17, 15) is 9.59 Å². The quantitative estimate of drug-likeness (QED) is 0.186. The van der Waals surface area contributed by atoms with Crippen molar-refractivity contribution in [3.05, 3.63) is 35.7 Å². The van der Waals surface area contributed by atoms with Crippen molar-refractivity contribution >= 4 is 18.1 Å². The van der Waals surface area contributed by atoms with Crippen LogP contribution in [0.2, 0.25) is 0 Å². The number of carbonyl (C=O) groups excluding carboxylic acids is 2. The number of benzene rings is 1. The monoisotopic (exact) mass is 569 g/mol. The fourth-order valence-electron chi connectivity index (χ4n) is 4.63. The van der Waals surface area contributed by atoms with Crippen molar-refractivity contribution in [1.29, 1.82) is 0 Å². The van der Waals surface area contributed by atoms with E-state index in [1.54, 1.807) is 46.4 Å². The van der Waals surface area contributed by atoms with Crippen LogP contribution in [0, 0.1) is 0 Å². The van der Waals surface area contributed by atoms with Gasteiger partial charge in [0.2, 0.25) is 5.96 Å². The standard InChI is InChI=1S/C31H47N5O5/c1-8-9-10-11-12-13-15-22-17-19-23(20-18-22)26-32-25(35-41-26)24-16-14-21-36(24)27(33-28(37)39-30(2,3)4)34-29(38)40-31(5,6)7/h17-20,24H,8-16,21H2,1-7H3,(H,33,34,37,38)/t24-/m0/s1. The molecule has 2 heterocycles. The lowest BCUT2D eigenvalue weighted by Gasteiger charge is -2.27. The van der Waals surface area contributed by atoms with Gasteiger partial charge in [-0.3, -0.25) is 5.32 Å². The van der Waals surface area contributed by atoms with E-state index in [1.165, 1.54) is 44.1 Å². The van der Waals surface area contributed by atoms with Gasteiger partial charge in [0.15, 0.2) is 5.82 Å². The fourth-order valence-corrected chi connectivity index (χ4v) is 4.63. The molecule has 0 saturated carbocycles. The molecule has 1 atom stereocenters. The minimum atomic E-state index is -0.816. The Hall–Kier alpha value is -3.43. The van der Waals surface area contributed by atoms with Gasteiger partial charge in [0.25, 0.3) is 5.89 Å². The Morgan fingerprint density at radius 3 is 2.32 bits per heavy atom. The molecule has 0 spiro atoms. The summed E-state index contributed by atoms with van der Waals surface area (Å²) in [6.45, 7) is 13.3. The summed E-state index contributed by atoms with van der Waals surface area (Å²) in [5.41, 5.74) is 0.671. The summed E-state index contributed by atoms with van der Waals surface area (Å²) in [6.07, 6.45) is 8.64. The van der Waals surface area contributed by atoms with Crippen LogP contribution in [0.3, 0.4) is 0 Å². The first-order valence-corrected chi connectivity index (χ1v) is 14.9. The number of guanidine groups is 1. The third kappa shape index (κ3) is 10.8. The number of rotatable bonds is 9. The highest BCUT2D eigenvalue weighted by atomic mass is 16.6. The number of likely N-dealkylation sites (tertiary alicyclic amines) is 1. The summed E-state index contributed by atoms with van der Waals surface area (Å²) in [5, 5.41) is 6.88. The maximum absolute atomic E-state index is 12.6. The van der Waals surface area contributed by atoms with E-state index in [4.69, 9.17) is 14.0 Å². The van der Waals surface area contributed by atoms with Crippen LogP contribution in [0.25, 0.3) is 11.5 Å². The Bertz CT molecular complexity index is 1160. The highest BCUT2D eigenvalue weighted by Gasteiger charge is 2.35. The first-order chi connectivity index (χ1) is 19.3. The summed E-state index contributed by atoms with van der Waals surface area (Å²) in [4.78, 5) is 35.8. The number of amides is 2. The Balaban J connectivity index is 1.72. The number of aryl methyl sites for hydroxylation is 1. The van der Waals surface area contributed by atoms with Crippen LogP contribution in [-0.4, -0.2) is 50.9 Å². The van der Waals surface area contributed by atoms with E-state index < -0.39 is 23.4 Å². The van der Waals surface area contributed by atoms with Gasteiger partial charge in [-0.05, 0) is 84.9 Å². The largest absolute Gasteiger partial charge is 0.444 e. The molecule has 3 rings (SSSR count). The molecule has 1 saturated heterocycles. The van der Waals surface area contributed by atoms with Crippen LogP contribution in [0.1, 0.15) is 117 Å². The molecule has 0 aliphatic carbocycles. The second-order valence-electron chi connectivity index (χ2n) is 12.6. The first kappa shape index (κ1) is 32.1. The lowest BCUT2D eigenvalue weighted by Crippen LogP contribution is -2.46. The van der Waals surface area contributed by atoms with Crippen molar-refractivity contribution in [2.45, 2.75) is 123 Å². The van der Waals surface area contributed by atoms with Crippen molar-refractivity contribution in [3.8, 4) is 11.5 Å². The van der Waals surface area contributed by atoms with Gasteiger partial charge >= 0.3 is 12.2 Å². The second-order valence-corrected chi connectivity index (χ2v) is 12.6. The number of carbonyl (C=O) groups is 2. The number of ether oxygens (including phenoxy) is 2. The zero-order valence-corrected chi connectivity index (χ0v) is 25.8. The van der Waals surface area contributed by atoms with Crippen molar-refractivity contribution in [2.24, 2.45) is 4.99 Å². The summed E-state index contributed by atoms with van der Waals surface area (Å²) in [6, 6.07) is 7.90. The minimum Gasteiger partial charge on any atom is -0.444 e. The molecule has 1 aliphatic rings. The maximum Gasteiger partial charge on any atom is 0.437 e. The van der Waals surface area contributed by atoms with Gasteiger partial charge in [-0.1, -0.05) is 56.3 Å². The lowest BCUT2D eigenvalue weighted by molar-refractivity contribution is 0.0553. The number of nitrogens with zero attached hydrogens (tertiary/aromatic N) is 4. The van der Waals surface area contributed by atoms with Crippen molar-refractivity contribution in [1.82, 2.24) is 20.4 Å². The Labute approximate surface area is 244 Å². The number of alkyl carbamates (subject to hydrolysis) is 1. The molecule has 0 radical (unpaired) electrons. The molecule has 10 heteroatoms. The maximum atomic E-state index is 12.6. The molecular formula is C31H47N5O5. The Morgan fingerprint density at radius 2 is 1.66 bits per heavy atom. The molecule has 2 amide bonds.